The molecule has 0 bridgehead atoms. The molecule has 1 saturated carbocycles. The number of ether oxygens (including phenoxy) is 4. The van der Waals surface area contributed by atoms with Crippen molar-refractivity contribution in [3.63, 3.8) is 0 Å². The lowest BCUT2D eigenvalue weighted by Gasteiger charge is -2.30. The number of unbranched alkanes of at least 4 members (excludes halogenated alkanes) is 4. The van der Waals surface area contributed by atoms with Crippen LogP contribution in [0.2, 0.25) is 0 Å². The Morgan fingerprint density at radius 1 is 0.808 bits per heavy atom. The van der Waals surface area contributed by atoms with Gasteiger partial charge in [0.2, 0.25) is 13.6 Å². The molecule has 8 heteroatoms. The maximum absolute atomic E-state index is 12.0. The van der Waals surface area contributed by atoms with Crippen molar-refractivity contribution in [2.45, 2.75) is 104 Å². The molecule has 1 fully saturated rings. The van der Waals surface area contributed by atoms with Gasteiger partial charge < -0.3 is 29.2 Å². The number of carbonyl (C=O) groups is 2. The third-order valence-electron chi connectivity index (χ3n) is 10.3. The van der Waals surface area contributed by atoms with Gasteiger partial charge in [0.1, 0.15) is 0 Å². The van der Waals surface area contributed by atoms with Gasteiger partial charge in [0.05, 0.1) is 24.7 Å². The molecule has 1 atom stereocenters. The van der Waals surface area contributed by atoms with Crippen molar-refractivity contribution in [1.82, 2.24) is 0 Å². The zero-order valence-corrected chi connectivity index (χ0v) is 31.6. The van der Waals surface area contributed by atoms with Gasteiger partial charge in [-0.25, -0.2) is 4.79 Å². The van der Waals surface area contributed by atoms with Crippen LogP contribution in [0.25, 0.3) is 22.3 Å². The van der Waals surface area contributed by atoms with Crippen LogP contribution in [0.15, 0.2) is 66.7 Å². The van der Waals surface area contributed by atoms with E-state index in [4.69, 9.17) is 18.9 Å². The molecule has 52 heavy (non-hydrogen) atoms. The molecular formula is C44H58O8. The summed E-state index contributed by atoms with van der Waals surface area (Å²) in [7, 11) is 0. The van der Waals surface area contributed by atoms with Crippen LogP contribution in [0.4, 0.5) is 0 Å². The fourth-order valence-electron chi connectivity index (χ4n) is 7.05. The highest BCUT2D eigenvalue weighted by atomic mass is 16.7. The predicted molar refractivity (Wildman–Crippen MR) is 205 cm³/mol. The largest absolute Gasteiger partial charge is 0.453 e. The van der Waals surface area contributed by atoms with Crippen LogP contribution in [0.1, 0.15) is 108 Å². The fraction of sp³-hybridized carbons (Fsp3) is 0.500. The van der Waals surface area contributed by atoms with E-state index in [2.05, 4.69) is 63.7 Å². The average molecular weight is 715 g/mol. The maximum atomic E-state index is 12.0. The van der Waals surface area contributed by atoms with Gasteiger partial charge in [0.25, 0.3) is 0 Å². The number of benzene rings is 3. The van der Waals surface area contributed by atoms with Crippen LogP contribution in [-0.4, -0.2) is 49.0 Å². The van der Waals surface area contributed by atoms with E-state index < -0.39 is 38.0 Å². The zero-order valence-electron chi connectivity index (χ0n) is 31.6. The molecule has 0 aliphatic heterocycles. The molecule has 0 spiro atoms. The average Bonchev–Trinajstić information content (AvgIpc) is 3.17. The number of aliphatic hydroxyl groups excluding tert-OH is 2. The van der Waals surface area contributed by atoms with Gasteiger partial charge in [-0.3, -0.25) is 4.79 Å². The van der Waals surface area contributed by atoms with Gasteiger partial charge in [-0.15, -0.1) is 0 Å². The maximum Gasteiger partial charge on any atom is 0.338 e. The topological polar surface area (TPSA) is 112 Å². The molecule has 1 unspecified atom stereocenters. The lowest BCUT2D eigenvalue weighted by molar-refractivity contribution is -0.156. The summed E-state index contributed by atoms with van der Waals surface area (Å²) in [5, 5.41) is 18.4. The Morgan fingerprint density at radius 3 is 2.17 bits per heavy atom. The second-order valence-corrected chi connectivity index (χ2v) is 14.1. The normalized spacial score (nSPS) is 16.2. The molecule has 3 aromatic rings. The fourth-order valence-corrected chi connectivity index (χ4v) is 7.05. The zero-order chi connectivity index (χ0) is 37.5. The quantitative estimate of drug-likeness (QED) is 0.0516. The van der Waals surface area contributed by atoms with Crippen molar-refractivity contribution in [2.24, 2.45) is 11.8 Å². The summed E-state index contributed by atoms with van der Waals surface area (Å²) in [4.78, 5) is 24.0. The van der Waals surface area contributed by atoms with E-state index >= 15 is 0 Å². The Balaban J connectivity index is 1.47. The number of hydrogen-bond donors (Lipinski definition) is 2. The summed E-state index contributed by atoms with van der Waals surface area (Å²) in [6.07, 6.45) is 14.3. The van der Waals surface area contributed by atoms with Gasteiger partial charge in [-0.2, -0.15) is 0 Å². The number of rotatable bonds is 20. The Labute approximate surface area is 310 Å². The summed E-state index contributed by atoms with van der Waals surface area (Å²) in [6.45, 7) is 9.97. The molecule has 0 amide bonds. The summed E-state index contributed by atoms with van der Waals surface area (Å²) >= 11 is 0. The molecule has 0 radical (unpaired) electrons. The highest BCUT2D eigenvalue weighted by molar-refractivity contribution is 5.87. The van der Waals surface area contributed by atoms with Gasteiger partial charge in [0, 0.05) is 0 Å². The molecule has 282 valence electrons. The highest BCUT2D eigenvalue weighted by Gasteiger charge is 2.23. The van der Waals surface area contributed by atoms with Crippen molar-refractivity contribution in [3.05, 3.63) is 83.4 Å². The minimum absolute atomic E-state index is 0.0952. The van der Waals surface area contributed by atoms with Crippen LogP contribution in [-0.2, 0) is 25.5 Å². The second kappa shape index (κ2) is 20.8. The first-order valence-corrected chi connectivity index (χ1v) is 19.1. The molecule has 0 saturated heterocycles. The highest BCUT2D eigenvalue weighted by Crippen LogP contribution is 2.41. The second-order valence-electron chi connectivity index (χ2n) is 14.1. The number of esters is 2. The molecule has 4 rings (SSSR count). The predicted octanol–water partition coefficient (Wildman–Crippen LogP) is 9.46. The monoisotopic (exact) mass is 714 g/mol. The first-order valence-electron chi connectivity index (χ1n) is 19.1. The lowest BCUT2D eigenvalue weighted by atomic mass is 9.76. The molecule has 8 nitrogen and oxygen atoms in total. The van der Waals surface area contributed by atoms with Crippen molar-refractivity contribution < 1.29 is 38.7 Å². The molecule has 2 N–H and O–H groups in total. The summed E-state index contributed by atoms with van der Waals surface area (Å²) in [5.74, 6) is 0.0251. The van der Waals surface area contributed by atoms with Crippen molar-refractivity contribution >= 4 is 11.9 Å². The molecular weight excluding hydrogens is 656 g/mol. The first kappa shape index (κ1) is 40.6. The Hall–Kier alpha value is -4.14. The van der Waals surface area contributed by atoms with E-state index in [-0.39, 0.29) is 23.7 Å². The van der Waals surface area contributed by atoms with Crippen molar-refractivity contribution in [2.75, 3.05) is 26.8 Å². The number of hydrogen-bond acceptors (Lipinski definition) is 8. The summed E-state index contributed by atoms with van der Waals surface area (Å²) < 4.78 is 21.7. The molecule has 1 aliphatic rings. The lowest BCUT2D eigenvalue weighted by Crippen LogP contribution is -2.20. The van der Waals surface area contributed by atoms with Crippen LogP contribution in [0, 0.1) is 18.8 Å². The molecule has 3 aromatic carbocycles. The van der Waals surface area contributed by atoms with E-state index in [0.29, 0.717) is 5.92 Å². The first-order chi connectivity index (χ1) is 25.2. The van der Waals surface area contributed by atoms with Crippen molar-refractivity contribution in [1.29, 1.82) is 0 Å². The number of aliphatic hydroxyl groups is 2. The van der Waals surface area contributed by atoms with Crippen molar-refractivity contribution in [3.8, 4) is 33.8 Å². The standard InChI is InChI=1S/C44H58O8/c1-6-8-9-10-11-12-33-13-15-35(16-14-33)39-20-17-36(23-30(39)3)37-18-21-40(34(7-2)24-37)38-19-22-41(49-28-51-43(47)31(4)26-45)42(25-38)50-29-52-44(48)32(5)27-46/h17-25,31,33,35,45-46H,5-16,26-29H2,1-4H3. The SMILES string of the molecule is C=C(CO)C(=O)OCOc1cc(-c2ccc(-c3ccc(C4CCC(CCCCCCC)CC4)c(C)c3)cc2CC)ccc1OCOC(=O)C(C)CO. The van der Waals surface area contributed by atoms with E-state index in [0.717, 1.165) is 34.6 Å². The van der Waals surface area contributed by atoms with E-state index in [9.17, 15) is 19.8 Å². The minimum atomic E-state index is -0.781. The van der Waals surface area contributed by atoms with Crippen LogP contribution in [0.5, 0.6) is 11.5 Å². The summed E-state index contributed by atoms with van der Waals surface area (Å²) in [6, 6.07) is 18.9. The Bertz CT molecular complexity index is 1620. The number of carbonyl (C=O) groups excluding carboxylic acids is 2. The van der Waals surface area contributed by atoms with Crippen LogP contribution >= 0.6 is 0 Å². The van der Waals surface area contributed by atoms with Gasteiger partial charge >= 0.3 is 11.9 Å². The smallest absolute Gasteiger partial charge is 0.338 e. The number of aryl methyl sites for hydroxylation is 2. The van der Waals surface area contributed by atoms with Gasteiger partial charge in [0.15, 0.2) is 11.5 Å². The van der Waals surface area contributed by atoms with E-state index in [1.54, 1.807) is 19.1 Å². The third-order valence-corrected chi connectivity index (χ3v) is 10.3. The third kappa shape index (κ3) is 11.4. The van der Waals surface area contributed by atoms with Crippen LogP contribution in [0.3, 0.4) is 0 Å². The van der Waals surface area contributed by atoms with E-state index in [1.165, 1.54) is 80.9 Å². The molecule has 0 aromatic heterocycles. The van der Waals surface area contributed by atoms with Gasteiger partial charge in [-0.1, -0.05) is 101 Å². The minimum Gasteiger partial charge on any atom is -0.453 e. The Kier molecular flexibility index (Phi) is 16.2. The van der Waals surface area contributed by atoms with Gasteiger partial charge in [-0.05, 0) is 109 Å². The Morgan fingerprint density at radius 2 is 1.48 bits per heavy atom. The summed E-state index contributed by atoms with van der Waals surface area (Å²) in [5.41, 5.74) is 8.17. The van der Waals surface area contributed by atoms with E-state index in [1.807, 2.05) is 6.07 Å². The van der Waals surface area contributed by atoms with Crippen LogP contribution < -0.4 is 9.47 Å². The molecule has 1 aliphatic carbocycles. The molecule has 0 heterocycles.